The standard InChI is InChI=1S/C23H25ClN2O2/c1-15-12-18(13-16(2)28-15)20-14-22(17-8-10-19(24)11-9-17)26(25-20)21-6-4-5-7-23(21)27-3/h4-11,14-16,18H,12-13H2,1-3H3/t15-,16+,18+. The molecule has 4 rings (SSSR count). The van der Waals surface area contributed by atoms with Gasteiger partial charge in [0.05, 0.1) is 30.7 Å². The fourth-order valence-corrected chi connectivity index (χ4v) is 4.19. The Bertz CT molecular complexity index is 941. The van der Waals surface area contributed by atoms with Crippen molar-refractivity contribution in [1.82, 2.24) is 9.78 Å². The number of aromatic nitrogens is 2. The SMILES string of the molecule is COc1ccccc1-n1nc([C@H]2C[C@@H](C)O[C@@H](C)C2)cc1-c1ccc(Cl)cc1. The van der Waals surface area contributed by atoms with Gasteiger partial charge in [-0.25, -0.2) is 4.68 Å². The lowest BCUT2D eigenvalue weighted by molar-refractivity contribution is -0.0385. The number of nitrogens with zero attached hydrogens (tertiary/aromatic N) is 2. The molecule has 1 aromatic heterocycles. The highest BCUT2D eigenvalue weighted by Gasteiger charge is 2.28. The molecule has 1 aliphatic heterocycles. The minimum Gasteiger partial charge on any atom is -0.494 e. The van der Waals surface area contributed by atoms with Crippen LogP contribution in [0, 0.1) is 0 Å². The van der Waals surface area contributed by atoms with Gasteiger partial charge in [0, 0.05) is 16.5 Å². The summed E-state index contributed by atoms with van der Waals surface area (Å²) in [6, 6.07) is 18.0. The van der Waals surface area contributed by atoms with E-state index in [0.29, 0.717) is 5.92 Å². The summed E-state index contributed by atoms with van der Waals surface area (Å²) in [4.78, 5) is 0. The monoisotopic (exact) mass is 396 g/mol. The van der Waals surface area contributed by atoms with Gasteiger partial charge in [-0.15, -0.1) is 0 Å². The van der Waals surface area contributed by atoms with E-state index < -0.39 is 0 Å². The maximum Gasteiger partial charge on any atom is 0.144 e. The zero-order chi connectivity index (χ0) is 19.7. The van der Waals surface area contributed by atoms with E-state index >= 15 is 0 Å². The van der Waals surface area contributed by atoms with Gasteiger partial charge in [0.15, 0.2) is 0 Å². The van der Waals surface area contributed by atoms with Crippen LogP contribution in [-0.4, -0.2) is 29.1 Å². The van der Waals surface area contributed by atoms with Crippen LogP contribution in [0.1, 0.15) is 38.3 Å². The van der Waals surface area contributed by atoms with Crippen LogP contribution in [-0.2, 0) is 4.74 Å². The molecule has 0 aliphatic carbocycles. The Morgan fingerprint density at radius 2 is 1.71 bits per heavy atom. The van der Waals surface area contributed by atoms with E-state index in [1.807, 2.05) is 53.2 Å². The Hall–Kier alpha value is -2.30. The molecule has 3 aromatic rings. The molecule has 2 aromatic carbocycles. The number of ether oxygens (including phenoxy) is 2. The van der Waals surface area contributed by atoms with E-state index in [1.54, 1.807) is 7.11 Å². The zero-order valence-corrected chi connectivity index (χ0v) is 17.2. The molecule has 0 unspecified atom stereocenters. The lowest BCUT2D eigenvalue weighted by atomic mass is 9.89. The normalized spacial score (nSPS) is 22.2. The molecular weight excluding hydrogens is 372 g/mol. The number of hydrogen-bond donors (Lipinski definition) is 0. The summed E-state index contributed by atoms with van der Waals surface area (Å²) < 4.78 is 13.5. The number of methoxy groups -OCH3 is 1. The molecule has 2 heterocycles. The van der Waals surface area contributed by atoms with Gasteiger partial charge >= 0.3 is 0 Å². The molecule has 0 amide bonds. The first-order chi connectivity index (χ1) is 13.5. The van der Waals surface area contributed by atoms with Gasteiger partial charge < -0.3 is 9.47 Å². The Labute approximate surface area is 171 Å². The first-order valence-electron chi connectivity index (χ1n) is 9.70. The van der Waals surface area contributed by atoms with Crippen molar-refractivity contribution in [2.24, 2.45) is 0 Å². The highest BCUT2D eigenvalue weighted by Crippen LogP contribution is 2.36. The Kier molecular flexibility index (Phi) is 5.42. The summed E-state index contributed by atoms with van der Waals surface area (Å²) in [6.45, 7) is 4.28. The van der Waals surface area contributed by atoms with Crippen molar-refractivity contribution in [2.75, 3.05) is 7.11 Å². The first kappa shape index (κ1) is 19.0. The number of hydrogen-bond acceptors (Lipinski definition) is 3. The van der Waals surface area contributed by atoms with Crippen molar-refractivity contribution in [3.05, 3.63) is 65.3 Å². The topological polar surface area (TPSA) is 36.3 Å². The fourth-order valence-electron chi connectivity index (χ4n) is 4.06. The summed E-state index contributed by atoms with van der Waals surface area (Å²) in [5.74, 6) is 1.17. The molecule has 0 N–H and O–H groups in total. The molecule has 0 radical (unpaired) electrons. The number of halogens is 1. The zero-order valence-electron chi connectivity index (χ0n) is 16.4. The fraction of sp³-hybridized carbons (Fsp3) is 0.348. The van der Waals surface area contributed by atoms with Crippen LogP contribution in [0.25, 0.3) is 16.9 Å². The van der Waals surface area contributed by atoms with Crippen molar-refractivity contribution < 1.29 is 9.47 Å². The molecule has 0 saturated carbocycles. The van der Waals surface area contributed by atoms with Crippen LogP contribution >= 0.6 is 11.6 Å². The predicted molar refractivity (Wildman–Crippen MR) is 113 cm³/mol. The quantitative estimate of drug-likeness (QED) is 0.553. The molecule has 1 saturated heterocycles. The third-order valence-corrected chi connectivity index (χ3v) is 5.55. The van der Waals surface area contributed by atoms with Crippen LogP contribution in [0.4, 0.5) is 0 Å². The van der Waals surface area contributed by atoms with E-state index in [2.05, 4.69) is 19.9 Å². The van der Waals surface area contributed by atoms with Gasteiger partial charge in [-0.1, -0.05) is 35.9 Å². The van der Waals surface area contributed by atoms with Gasteiger partial charge in [0.25, 0.3) is 0 Å². The predicted octanol–water partition coefficient (Wildman–Crippen LogP) is 5.87. The molecule has 0 spiro atoms. The van der Waals surface area contributed by atoms with E-state index in [0.717, 1.165) is 46.3 Å². The number of rotatable bonds is 4. The van der Waals surface area contributed by atoms with Gasteiger partial charge in [0.2, 0.25) is 0 Å². The number of para-hydroxylation sites is 2. The molecule has 146 valence electrons. The summed E-state index contributed by atoms with van der Waals surface area (Å²) in [6.07, 6.45) is 2.44. The minimum atomic E-state index is 0.240. The average Bonchev–Trinajstić information content (AvgIpc) is 3.13. The Morgan fingerprint density at radius 1 is 1.04 bits per heavy atom. The van der Waals surface area contributed by atoms with Gasteiger partial charge in [-0.05, 0) is 57.0 Å². The molecule has 0 bridgehead atoms. The third-order valence-electron chi connectivity index (χ3n) is 5.30. The van der Waals surface area contributed by atoms with Crippen LogP contribution in [0.15, 0.2) is 54.6 Å². The third kappa shape index (κ3) is 3.80. The lowest BCUT2D eigenvalue weighted by Crippen LogP contribution is -2.28. The second kappa shape index (κ2) is 7.98. The molecule has 1 fully saturated rings. The second-order valence-electron chi connectivity index (χ2n) is 7.47. The van der Waals surface area contributed by atoms with Gasteiger partial charge in [0.1, 0.15) is 11.4 Å². The molecule has 1 aliphatic rings. The highest BCUT2D eigenvalue weighted by molar-refractivity contribution is 6.30. The Balaban J connectivity index is 1.83. The Morgan fingerprint density at radius 3 is 2.39 bits per heavy atom. The molecule has 5 heteroatoms. The van der Waals surface area contributed by atoms with E-state index in [9.17, 15) is 0 Å². The summed E-state index contributed by atoms with van der Waals surface area (Å²) in [5.41, 5.74) is 4.12. The van der Waals surface area contributed by atoms with E-state index in [-0.39, 0.29) is 12.2 Å². The lowest BCUT2D eigenvalue weighted by Gasteiger charge is -2.31. The number of benzene rings is 2. The van der Waals surface area contributed by atoms with Crippen LogP contribution in [0.5, 0.6) is 5.75 Å². The van der Waals surface area contributed by atoms with Crippen LogP contribution < -0.4 is 4.74 Å². The van der Waals surface area contributed by atoms with E-state index in [4.69, 9.17) is 26.2 Å². The average molecular weight is 397 g/mol. The van der Waals surface area contributed by atoms with Crippen molar-refractivity contribution in [3.63, 3.8) is 0 Å². The smallest absolute Gasteiger partial charge is 0.144 e. The summed E-state index contributed by atoms with van der Waals surface area (Å²) in [7, 11) is 1.69. The van der Waals surface area contributed by atoms with Gasteiger partial charge in [-0.2, -0.15) is 5.10 Å². The maximum absolute atomic E-state index is 6.11. The van der Waals surface area contributed by atoms with Crippen molar-refractivity contribution >= 4 is 11.6 Å². The summed E-state index contributed by atoms with van der Waals surface area (Å²) >= 11 is 6.11. The molecule has 4 nitrogen and oxygen atoms in total. The highest BCUT2D eigenvalue weighted by atomic mass is 35.5. The van der Waals surface area contributed by atoms with Crippen LogP contribution in [0.3, 0.4) is 0 Å². The van der Waals surface area contributed by atoms with E-state index in [1.165, 1.54) is 0 Å². The van der Waals surface area contributed by atoms with Crippen molar-refractivity contribution in [3.8, 4) is 22.7 Å². The second-order valence-corrected chi connectivity index (χ2v) is 7.91. The molecular formula is C23H25ClN2O2. The molecule has 28 heavy (non-hydrogen) atoms. The largest absolute Gasteiger partial charge is 0.494 e. The molecule has 3 atom stereocenters. The minimum absolute atomic E-state index is 0.240. The van der Waals surface area contributed by atoms with Crippen LogP contribution in [0.2, 0.25) is 5.02 Å². The summed E-state index contributed by atoms with van der Waals surface area (Å²) in [5, 5.41) is 5.75. The maximum atomic E-state index is 6.11. The first-order valence-corrected chi connectivity index (χ1v) is 10.1. The van der Waals surface area contributed by atoms with Gasteiger partial charge in [-0.3, -0.25) is 0 Å². The van der Waals surface area contributed by atoms with Crippen molar-refractivity contribution in [2.45, 2.75) is 44.8 Å². The van der Waals surface area contributed by atoms with Crippen molar-refractivity contribution in [1.29, 1.82) is 0 Å².